The van der Waals surface area contributed by atoms with E-state index in [1.54, 1.807) is 12.3 Å². The molecule has 134 valence electrons. The fraction of sp³-hybridized carbons (Fsp3) is 0.316. The second kappa shape index (κ2) is 7.37. The standard InChI is InChI=1S/C19H20N4O2S/c1-13(18(24)20-12-16-8-5-11-25-16)26-19-22-21-17(14-9-10-14)23(19)15-6-3-2-4-7-15/h2-8,11,13-14H,9-10,12H2,1H3,(H,20,24)/t13-/m0/s1. The summed E-state index contributed by atoms with van der Waals surface area (Å²) in [7, 11) is 0. The molecular weight excluding hydrogens is 348 g/mol. The van der Waals surface area contributed by atoms with Gasteiger partial charge in [0.05, 0.1) is 18.1 Å². The van der Waals surface area contributed by atoms with E-state index in [4.69, 9.17) is 4.42 Å². The smallest absolute Gasteiger partial charge is 0.233 e. The number of benzene rings is 1. The average molecular weight is 368 g/mol. The molecule has 0 spiro atoms. The lowest BCUT2D eigenvalue weighted by atomic mass is 10.3. The van der Waals surface area contributed by atoms with E-state index in [9.17, 15) is 4.79 Å². The second-order valence-corrected chi connectivity index (χ2v) is 7.65. The number of nitrogens with one attached hydrogen (secondary N) is 1. The Kier molecular flexibility index (Phi) is 4.79. The van der Waals surface area contributed by atoms with Gasteiger partial charge in [-0.3, -0.25) is 9.36 Å². The lowest BCUT2D eigenvalue weighted by Crippen LogP contribution is -2.30. The van der Waals surface area contributed by atoms with Gasteiger partial charge in [-0.1, -0.05) is 30.0 Å². The van der Waals surface area contributed by atoms with Crippen molar-refractivity contribution in [1.82, 2.24) is 20.1 Å². The average Bonchev–Trinajstić information content (AvgIpc) is 3.21. The summed E-state index contributed by atoms with van der Waals surface area (Å²) < 4.78 is 7.33. The van der Waals surface area contributed by atoms with Crippen LogP contribution in [0.5, 0.6) is 0 Å². The van der Waals surface area contributed by atoms with Gasteiger partial charge in [-0.25, -0.2) is 0 Å². The summed E-state index contributed by atoms with van der Waals surface area (Å²) in [6, 6.07) is 13.7. The van der Waals surface area contributed by atoms with Crippen molar-refractivity contribution in [2.24, 2.45) is 0 Å². The normalized spacial score (nSPS) is 15.0. The predicted octanol–water partition coefficient (Wildman–Crippen LogP) is 3.53. The summed E-state index contributed by atoms with van der Waals surface area (Å²) in [5, 5.41) is 12.1. The Labute approximate surface area is 156 Å². The van der Waals surface area contributed by atoms with Gasteiger partial charge in [-0.15, -0.1) is 10.2 Å². The molecule has 1 N–H and O–H groups in total. The van der Waals surface area contributed by atoms with Gasteiger partial charge in [-0.05, 0) is 44.0 Å². The number of thioether (sulfide) groups is 1. The molecule has 4 rings (SSSR count). The molecule has 1 amide bonds. The van der Waals surface area contributed by atoms with Crippen LogP contribution in [0.1, 0.15) is 37.3 Å². The van der Waals surface area contributed by atoms with Crippen LogP contribution < -0.4 is 5.32 Å². The molecule has 7 heteroatoms. The van der Waals surface area contributed by atoms with Crippen LogP contribution >= 0.6 is 11.8 Å². The molecule has 3 aromatic rings. The predicted molar refractivity (Wildman–Crippen MR) is 99.2 cm³/mol. The van der Waals surface area contributed by atoms with Crippen molar-refractivity contribution in [2.45, 2.75) is 42.6 Å². The molecule has 0 aliphatic heterocycles. The number of carbonyl (C=O) groups is 1. The minimum atomic E-state index is -0.288. The summed E-state index contributed by atoms with van der Waals surface area (Å²) in [5.41, 5.74) is 1.03. The minimum absolute atomic E-state index is 0.0537. The fourth-order valence-electron chi connectivity index (χ4n) is 2.73. The highest BCUT2D eigenvalue weighted by Crippen LogP contribution is 2.41. The van der Waals surface area contributed by atoms with Crippen molar-refractivity contribution < 1.29 is 9.21 Å². The Morgan fingerprint density at radius 2 is 2.08 bits per heavy atom. The molecule has 1 aromatic carbocycles. The number of nitrogens with zero attached hydrogens (tertiary/aromatic N) is 3. The highest BCUT2D eigenvalue weighted by atomic mass is 32.2. The summed E-state index contributed by atoms with van der Waals surface area (Å²) in [5.74, 6) is 2.14. The highest BCUT2D eigenvalue weighted by molar-refractivity contribution is 8.00. The molecule has 1 aliphatic carbocycles. The van der Waals surface area contributed by atoms with E-state index in [0.29, 0.717) is 12.5 Å². The third kappa shape index (κ3) is 3.67. The first-order chi connectivity index (χ1) is 12.7. The number of para-hydroxylation sites is 1. The lowest BCUT2D eigenvalue weighted by Gasteiger charge is -2.13. The van der Waals surface area contributed by atoms with Crippen LogP contribution in [-0.4, -0.2) is 25.9 Å². The van der Waals surface area contributed by atoms with Crippen molar-refractivity contribution in [3.8, 4) is 5.69 Å². The largest absolute Gasteiger partial charge is 0.467 e. The van der Waals surface area contributed by atoms with Crippen molar-refractivity contribution in [3.63, 3.8) is 0 Å². The maximum Gasteiger partial charge on any atom is 0.233 e. The Morgan fingerprint density at radius 1 is 1.27 bits per heavy atom. The van der Waals surface area contributed by atoms with Crippen LogP contribution in [-0.2, 0) is 11.3 Å². The van der Waals surface area contributed by atoms with Crippen LogP contribution in [0.25, 0.3) is 5.69 Å². The number of amides is 1. The Bertz CT molecular complexity index is 872. The number of rotatable bonds is 7. The summed E-state index contributed by atoms with van der Waals surface area (Å²) in [6.45, 7) is 2.26. The molecule has 2 aromatic heterocycles. The molecule has 0 saturated heterocycles. The van der Waals surface area contributed by atoms with Gasteiger partial charge in [-0.2, -0.15) is 0 Å². The molecule has 0 bridgehead atoms. The maximum absolute atomic E-state index is 12.4. The molecule has 1 fully saturated rings. The van der Waals surface area contributed by atoms with Gasteiger partial charge in [0.25, 0.3) is 0 Å². The van der Waals surface area contributed by atoms with E-state index in [2.05, 4.69) is 20.1 Å². The topological polar surface area (TPSA) is 73.0 Å². The molecule has 2 heterocycles. The summed E-state index contributed by atoms with van der Waals surface area (Å²) >= 11 is 1.42. The van der Waals surface area contributed by atoms with Gasteiger partial charge in [0.1, 0.15) is 11.6 Å². The van der Waals surface area contributed by atoms with Crippen molar-refractivity contribution in [2.75, 3.05) is 0 Å². The minimum Gasteiger partial charge on any atom is -0.467 e. The number of hydrogen-bond donors (Lipinski definition) is 1. The van der Waals surface area contributed by atoms with Gasteiger partial charge in [0.2, 0.25) is 5.91 Å². The second-order valence-electron chi connectivity index (χ2n) is 6.34. The summed E-state index contributed by atoms with van der Waals surface area (Å²) in [4.78, 5) is 12.4. The maximum atomic E-state index is 12.4. The summed E-state index contributed by atoms with van der Waals surface area (Å²) in [6.07, 6.45) is 3.89. The number of carbonyl (C=O) groups excluding carboxylic acids is 1. The van der Waals surface area contributed by atoms with Crippen molar-refractivity contribution >= 4 is 17.7 Å². The number of aromatic nitrogens is 3. The number of hydrogen-bond acceptors (Lipinski definition) is 5. The van der Waals surface area contributed by atoms with Crippen LogP contribution in [0.3, 0.4) is 0 Å². The monoisotopic (exact) mass is 368 g/mol. The first-order valence-corrected chi connectivity index (χ1v) is 9.58. The van der Waals surface area contributed by atoms with E-state index in [-0.39, 0.29) is 11.2 Å². The zero-order chi connectivity index (χ0) is 17.9. The zero-order valence-electron chi connectivity index (χ0n) is 14.5. The first kappa shape index (κ1) is 16.9. The Morgan fingerprint density at radius 3 is 2.77 bits per heavy atom. The molecule has 1 atom stereocenters. The van der Waals surface area contributed by atoms with Gasteiger partial charge < -0.3 is 9.73 Å². The van der Waals surface area contributed by atoms with Crippen LogP contribution in [0.15, 0.2) is 58.3 Å². The first-order valence-electron chi connectivity index (χ1n) is 8.70. The van der Waals surface area contributed by atoms with Gasteiger partial charge in [0.15, 0.2) is 5.16 Å². The zero-order valence-corrected chi connectivity index (χ0v) is 15.3. The van der Waals surface area contributed by atoms with E-state index in [1.165, 1.54) is 11.8 Å². The van der Waals surface area contributed by atoms with Crippen LogP contribution in [0, 0.1) is 0 Å². The molecule has 1 saturated carbocycles. The molecule has 26 heavy (non-hydrogen) atoms. The fourth-order valence-corrected chi connectivity index (χ4v) is 3.62. The molecule has 0 unspecified atom stereocenters. The molecule has 1 aliphatic rings. The van der Waals surface area contributed by atoms with Gasteiger partial charge in [0, 0.05) is 11.6 Å². The van der Waals surface area contributed by atoms with Crippen molar-refractivity contribution in [3.05, 3.63) is 60.3 Å². The Balaban J connectivity index is 1.49. The van der Waals surface area contributed by atoms with E-state index in [0.717, 1.165) is 35.3 Å². The SMILES string of the molecule is C[C@H](Sc1nnc(C2CC2)n1-c1ccccc1)C(=O)NCc1ccco1. The molecule has 6 nitrogen and oxygen atoms in total. The highest BCUT2D eigenvalue weighted by Gasteiger charge is 2.31. The van der Waals surface area contributed by atoms with E-state index >= 15 is 0 Å². The lowest BCUT2D eigenvalue weighted by molar-refractivity contribution is -0.120. The van der Waals surface area contributed by atoms with Gasteiger partial charge >= 0.3 is 0 Å². The Hall–Kier alpha value is -2.54. The number of furan rings is 1. The molecular formula is C19H20N4O2S. The van der Waals surface area contributed by atoms with E-state index < -0.39 is 0 Å². The van der Waals surface area contributed by atoms with Crippen LogP contribution in [0.4, 0.5) is 0 Å². The third-order valence-electron chi connectivity index (χ3n) is 4.28. The quantitative estimate of drug-likeness (QED) is 0.646. The third-order valence-corrected chi connectivity index (χ3v) is 5.33. The van der Waals surface area contributed by atoms with E-state index in [1.807, 2.05) is 43.3 Å². The van der Waals surface area contributed by atoms with Crippen LogP contribution in [0.2, 0.25) is 0 Å². The molecule has 0 radical (unpaired) electrons. The van der Waals surface area contributed by atoms with Crippen molar-refractivity contribution in [1.29, 1.82) is 0 Å².